The van der Waals surface area contributed by atoms with Crippen molar-refractivity contribution in [2.75, 3.05) is 6.54 Å². The molecule has 0 aliphatic carbocycles. The predicted molar refractivity (Wildman–Crippen MR) is 88.8 cm³/mol. The second-order valence-electron chi connectivity index (χ2n) is 9.68. The molecule has 23 heavy (non-hydrogen) atoms. The van der Waals surface area contributed by atoms with Crippen LogP contribution < -0.4 is 0 Å². The number of hydrogen-bond donors (Lipinski definition) is 1. The van der Waals surface area contributed by atoms with E-state index in [-0.39, 0.29) is 40.1 Å². The summed E-state index contributed by atoms with van der Waals surface area (Å²) in [6, 6.07) is 0. The fraction of sp³-hybridized carbons (Fsp3) is 0.889. The van der Waals surface area contributed by atoms with Crippen LogP contribution in [0.25, 0.3) is 0 Å². The van der Waals surface area contributed by atoms with Gasteiger partial charge < -0.3 is 5.21 Å². The molecule has 2 fully saturated rings. The molecule has 2 rings (SSSR count). The Morgan fingerprint density at radius 2 is 1.57 bits per heavy atom. The minimum atomic E-state index is -0.359. The fourth-order valence-electron chi connectivity index (χ4n) is 4.42. The number of piperidine rings is 1. The Morgan fingerprint density at radius 3 is 1.96 bits per heavy atom. The summed E-state index contributed by atoms with van der Waals surface area (Å²) in [6.45, 7) is 14.6. The topological polar surface area (TPSA) is 60.9 Å². The zero-order valence-electron chi connectivity index (χ0n) is 15.6. The SMILES string of the molecule is CC(C)(C)C1CC(=O)N(CC2CC(C)(C)N(O)C(C)(C)C2)C1=O. The smallest absolute Gasteiger partial charge is 0.233 e. The third kappa shape index (κ3) is 3.45. The van der Waals surface area contributed by atoms with Crippen LogP contribution in [0, 0.1) is 17.3 Å². The molecule has 132 valence electrons. The summed E-state index contributed by atoms with van der Waals surface area (Å²) < 4.78 is 0. The molecule has 0 radical (unpaired) electrons. The normalized spacial score (nSPS) is 29.4. The lowest BCUT2D eigenvalue weighted by molar-refractivity contribution is -0.251. The number of carbonyl (C=O) groups excluding carboxylic acids is 2. The zero-order valence-corrected chi connectivity index (χ0v) is 15.6. The zero-order chi connectivity index (χ0) is 17.8. The number of carbonyl (C=O) groups is 2. The number of hydroxylamine groups is 2. The average Bonchev–Trinajstić information content (AvgIpc) is 2.63. The van der Waals surface area contributed by atoms with E-state index in [2.05, 4.69) is 0 Å². The first-order valence-electron chi connectivity index (χ1n) is 8.59. The number of rotatable bonds is 2. The monoisotopic (exact) mass is 324 g/mol. The summed E-state index contributed by atoms with van der Waals surface area (Å²) in [6.07, 6.45) is 1.86. The number of nitrogens with zero attached hydrogens (tertiary/aromatic N) is 2. The van der Waals surface area contributed by atoms with Gasteiger partial charge in [-0.15, -0.1) is 0 Å². The summed E-state index contributed by atoms with van der Waals surface area (Å²) in [4.78, 5) is 26.5. The quantitative estimate of drug-likeness (QED) is 0.793. The van der Waals surface area contributed by atoms with E-state index in [1.807, 2.05) is 48.5 Å². The van der Waals surface area contributed by atoms with Crippen LogP contribution in [0.15, 0.2) is 0 Å². The van der Waals surface area contributed by atoms with Gasteiger partial charge in [0.05, 0.1) is 5.92 Å². The van der Waals surface area contributed by atoms with E-state index in [4.69, 9.17) is 0 Å². The van der Waals surface area contributed by atoms with Crippen molar-refractivity contribution in [3.05, 3.63) is 0 Å². The van der Waals surface area contributed by atoms with Crippen molar-refractivity contribution in [3.8, 4) is 0 Å². The van der Waals surface area contributed by atoms with Crippen LogP contribution >= 0.6 is 0 Å². The Morgan fingerprint density at radius 1 is 1.09 bits per heavy atom. The van der Waals surface area contributed by atoms with Gasteiger partial charge in [-0.2, -0.15) is 5.06 Å². The highest BCUT2D eigenvalue weighted by Crippen LogP contribution is 2.42. The molecule has 2 amide bonds. The van der Waals surface area contributed by atoms with Gasteiger partial charge in [0.2, 0.25) is 11.8 Å². The molecular formula is C18H32N2O3. The molecule has 0 spiro atoms. The lowest BCUT2D eigenvalue weighted by Gasteiger charge is -2.52. The average molecular weight is 324 g/mol. The van der Waals surface area contributed by atoms with Crippen LogP contribution in [0.5, 0.6) is 0 Å². The molecule has 5 heteroatoms. The first-order chi connectivity index (χ1) is 10.3. The van der Waals surface area contributed by atoms with E-state index >= 15 is 0 Å². The maximum absolute atomic E-state index is 12.7. The molecule has 0 bridgehead atoms. The number of amides is 2. The fourth-order valence-corrected chi connectivity index (χ4v) is 4.42. The van der Waals surface area contributed by atoms with Crippen LogP contribution in [0.1, 0.15) is 67.7 Å². The number of likely N-dealkylation sites (tertiary alicyclic amines) is 1. The summed E-state index contributed by atoms with van der Waals surface area (Å²) in [7, 11) is 0. The second kappa shape index (κ2) is 5.55. The first-order valence-corrected chi connectivity index (χ1v) is 8.59. The largest absolute Gasteiger partial charge is 0.313 e. The molecule has 2 aliphatic heterocycles. The maximum atomic E-state index is 12.7. The highest BCUT2D eigenvalue weighted by atomic mass is 16.5. The van der Waals surface area contributed by atoms with E-state index < -0.39 is 0 Å². The Balaban J connectivity index is 2.13. The van der Waals surface area contributed by atoms with Crippen LogP contribution in [-0.4, -0.2) is 44.6 Å². The third-order valence-corrected chi connectivity index (χ3v) is 5.45. The molecule has 0 saturated carbocycles. The molecule has 0 aromatic heterocycles. The van der Waals surface area contributed by atoms with Gasteiger partial charge in [0.15, 0.2) is 0 Å². The number of hydrogen-bond acceptors (Lipinski definition) is 4. The van der Waals surface area contributed by atoms with Crippen molar-refractivity contribution in [1.29, 1.82) is 0 Å². The van der Waals surface area contributed by atoms with Gasteiger partial charge in [-0.3, -0.25) is 14.5 Å². The van der Waals surface area contributed by atoms with Gasteiger partial charge in [0.25, 0.3) is 0 Å². The Kier molecular flexibility index (Phi) is 4.44. The van der Waals surface area contributed by atoms with Crippen LogP contribution in [0.2, 0.25) is 0 Å². The Hall–Kier alpha value is -0.940. The van der Waals surface area contributed by atoms with Crippen molar-refractivity contribution >= 4 is 11.8 Å². The Labute approximate surface area is 140 Å². The highest BCUT2D eigenvalue weighted by molar-refractivity contribution is 6.03. The summed E-state index contributed by atoms with van der Waals surface area (Å²) in [5, 5.41) is 11.8. The standard InChI is InChI=1S/C18H32N2O3/c1-16(2,3)13-8-14(21)19(15(13)22)11-12-9-17(4,5)20(23)18(6,7)10-12/h12-13,23H,8-11H2,1-7H3. The first kappa shape index (κ1) is 18.4. The molecule has 2 aliphatic rings. The molecule has 1 N–H and O–H groups in total. The van der Waals surface area contributed by atoms with Crippen LogP contribution in [0.4, 0.5) is 0 Å². The van der Waals surface area contributed by atoms with Crippen molar-refractivity contribution in [2.24, 2.45) is 17.3 Å². The molecule has 2 heterocycles. The van der Waals surface area contributed by atoms with Gasteiger partial charge in [-0.05, 0) is 51.9 Å². The van der Waals surface area contributed by atoms with Gasteiger partial charge in [-0.25, -0.2) is 0 Å². The molecule has 1 unspecified atom stereocenters. The molecule has 0 aromatic carbocycles. The third-order valence-electron chi connectivity index (χ3n) is 5.45. The number of imide groups is 1. The van der Waals surface area contributed by atoms with E-state index in [0.29, 0.717) is 13.0 Å². The van der Waals surface area contributed by atoms with Crippen molar-refractivity contribution < 1.29 is 14.8 Å². The van der Waals surface area contributed by atoms with E-state index in [1.54, 1.807) is 0 Å². The van der Waals surface area contributed by atoms with Crippen molar-refractivity contribution in [2.45, 2.75) is 78.8 Å². The molecule has 0 aromatic rings. The molecule has 1 atom stereocenters. The molecule has 5 nitrogen and oxygen atoms in total. The van der Waals surface area contributed by atoms with E-state index in [9.17, 15) is 14.8 Å². The van der Waals surface area contributed by atoms with Crippen LogP contribution in [-0.2, 0) is 9.59 Å². The molecular weight excluding hydrogens is 292 g/mol. The highest BCUT2D eigenvalue weighted by Gasteiger charge is 2.49. The van der Waals surface area contributed by atoms with Crippen molar-refractivity contribution in [1.82, 2.24) is 9.96 Å². The predicted octanol–water partition coefficient (Wildman–Crippen LogP) is 3.07. The van der Waals surface area contributed by atoms with Gasteiger partial charge in [-0.1, -0.05) is 20.8 Å². The lowest BCUT2D eigenvalue weighted by Crippen LogP contribution is -2.60. The summed E-state index contributed by atoms with van der Waals surface area (Å²) in [5.41, 5.74) is -0.905. The maximum Gasteiger partial charge on any atom is 0.233 e. The summed E-state index contributed by atoms with van der Waals surface area (Å²) >= 11 is 0. The van der Waals surface area contributed by atoms with Crippen molar-refractivity contribution in [3.63, 3.8) is 0 Å². The summed E-state index contributed by atoms with van der Waals surface area (Å²) in [5.74, 6) is -0.0644. The van der Waals surface area contributed by atoms with Gasteiger partial charge in [0.1, 0.15) is 0 Å². The second-order valence-corrected chi connectivity index (χ2v) is 9.68. The molecule has 2 saturated heterocycles. The minimum Gasteiger partial charge on any atom is -0.313 e. The van der Waals surface area contributed by atoms with E-state index in [0.717, 1.165) is 12.8 Å². The van der Waals surface area contributed by atoms with Gasteiger partial charge in [0, 0.05) is 24.0 Å². The van der Waals surface area contributed by atoms with Gasteiger partial charge >= 0.3 is 0 Å². The minimum absolute atomic E-state index is 0.0236. The van der Waals surface area contributed by atoms with E-state index in [1.165, 1.54) is 9.96 Å². The van der Waals surface area contributed by atoms with Crippen LogP contribution in [0.3, 0.4) is 0 Å². The lowest BCUT2D eigenvalue weighted by atomic mass is 9.75. The Bertz CT molecular complexity index is 487.